The van der Waals surface area contributed by atoms with E-state index in [1.165, 1.54) is 0 Å². The van der Waals surface area contributed by atoms with Gasteiger partial charge in [-0.2, -0.15) is 5.10 Å². The Bertz CT molecular complexity index is 1520. The molecule has 2 aliphatic heterocycles. The van der Waals surface area contributed by atoms with Crippen LogP contribution in [0.4, 0.5) is 10.5 Å². The normalized spacial score (nSPS) is 21.8. The van der Waals surface area contributed by atoms with Crippen molar-refractivity contribution < 1.29 is 23.1 Å². The van der Waals surface area contributed by atoms with Gasteiger partial charge in [0, 0.05) is 31.6 Å². The average Bonchev–Trinajstić information content (AvgIpc) is 3.44. The van der Waals surface area contributed by atoms with E-state index in [0.29, 0.717) is 31.7 Å². The molecule has 3 aliphatic rings. The summed E-state index contributed by atoms with van der Waals surface area (Å²) in [5.41, 5.74) is 3.04. The molecular weight excluding hydrogens is 508 g/mol. The number of para-hydroxylation sites is 1. The van der Waals surface area contributed by atoms with Crippen molar-refractivity contribution in [3.63, 3.8) is 0 Å². The molecule has 3 aromatic rings. The Morgan fingerprint density at radius 3 is 2.50 bits per heavy atom. The molecule has 38 heavy (non-hydrogen) atoms. The predicted octanol–water partition coefficient (Wildman–Crippen LogP) is 2.96. The molecule has 3 fully saturated rings. The number of fused-ring (bicyclic) bond motifs is 2. The van der Waals surface area contributed by atoms with E-state index < -0.39 is 22.0 Å². The summed E-state index contributed by atoms with van der Waals surface area (Å²) in [4.78, 5) is 33.1. The molecule has 0 radical (unpaired) electrons. The number of nitrogens with zero attached hydrogens (tertiary/aromatic N) is 5. The number of carbonyl (C=O) groups is 2. The van der Waals surface area contributed by atoms with Crippen LogP contribution in [0.3, 0.4) is 0 Å². The van der Waals surface area contributed by atoms with Crippen LogP contribution in [0, 0.1) is 5.92 Å². The molecule has 11 nitrogen and oxygen atoms in total. The summed E-state index contributed by atoms with van der Waals surface area (Å²) in [5, 5.41) is 15.5. The lowest BCUT2D eigenvalue weighted by molar-refractivity contribution is 0.0976. The number of sulfonamides is 1. The molecule has 200 valence electrons. The van der Waals surface area contributed by atoms with Crippen LogP contribution in [0.25, 0.3) is 16.7 Å². The highest BCUT2D eigenvalue weighted by Gasteiger charge is 2.41. The molecule has 1 saturated carbocycles. The smallest absolute Gasteiger partial charge is 0.407 e. The molecule has 6 rings (SSSR count). The van der Waals surface area contributed by atoms with Crippen LogP contribution in [0.15, 0.2) is 36.4 Å². The SMILES string of the molecule is CS(=O)(=O)NC(=O)c1cc(N2CCC3C(CCN3C(=O)O)C2)c2c(C3CCC3)nn(-c3ccccc3)c2n1. The van der Waals surface area contributed by atoms with E-state index in [4.69, 9.17) is 5.10 Å². The summed E-state index contributed by atoms with van der Waals surface area (Å²) in [6.45, 7) is 1.77. The fourth-order valence-corrected chi connectivity index (χ4v) is 6.51. The third-order valence-electron chi connectivity index (χ3n) is 8.07. The summed E-state index contributed by atoms with van der Waals surface area (Å²) in [7, 11) is -3.79. The second-order valence-corrected chi connectivity index (χ2v) is 12.3. The van der Waals surface area contributed by atoms with Crippen molar-refractivity contribution >= 4 is 38.7 Å². The van der Waals surface area contributed by atoms with Crippen LogP contribution >= 0.6 is 0 Å². The predicted molar refractivity (Wildman–Crippen MR) is 141 cm³/mol. The number of aromatic nitrogens is 3. The van der Waals surface area contributed by atoms with Gasteiger partial charge in [0.25, 0.3) is 5.91 Å². The molecule has 0 bridgehead atoms. The summed E-state index contributed by atoms with van der Waals surface area (Å²) in [6, 6.07) is 11.2. The molecule has 2 N–H and O–H groups in total. The number of carboxylic acid groups (broad SMARTS) is 1. The van der Waals surface area contributed by atoms with E-state index in [-0.39, 0.29) is 23.6 Å². The standard InChI is InChI=1S/C26H30N6O5S/c1-38(36,37)29-25(33)19-14-21(30-12-11-20-17(15-30)10-13-31(20)26(34)35)22-23(16-6-5-7-16)28-32(24(22)27-19)18-8-3-2-4-9-18/h2-4,8-9,14,16-17,20H,5-7,10-13,15H2,1H3,(H,29,33)(H,34,35). The van der Waals surface area contributed by atoms with Crippen molar-refractivity contribution in [2.45, 2.75) is 44.1 Å². The zero-order chi connectivity index (χ0) is 26.6. The monoisotopic (exact) mass is 538 g/mol. The first kappa shape index (κ1) is 24.7. The zero-order valence-corrected chi connectivity index (χ0v) is 21.9. The Balaban J connectivity index is 1.51. The van der Waals surface area contributed by atoms with Gasteiger partial charge in [-0.1, -0.05) is 24.6 Å². The van der Waals surface area contributed by atoms with Crippen molar-refractivity contribution in [1.29, 1.82) is 0 Å². The minimum absolute atomic E-state index is 0.00382. The number of amides is 2. The quantitative estimate of drug-likeness (QED) is 0.506. The number of pyridine rings is 1. The number of anilines is 1. The van der Waals surface area contributed by atoms with Crippen LogP contribution in [0.5, 0.6) is 0 Å². The molecule has 12 heteroatoms. The maximum atomic E-state index is 13.0. The highest BCUT2D eigenvalue weighted by Crippen LogP contribution is 2.44. The van der Waals surface area contributed by atoms with Gasteiger partial charge in [-0.05, 0) is 49.8 Å². The van der Waals surface area contributed by atoms with Crippen LogP contribution < -0.4 is 9.62 Å². The number of nitrogens with one attached hydrogen (secondary N) is 1. The summed E-state index contributed by atoms with van der Waals surface area (Å²) >= 11 is 0. The van der Waals surface area contributed by atoms with Gasteiger partial charge in [0.2, 0.25) is 10.0 Å². The average molecular weight is 539 g/mol. The van der Waals surface area contributed by atoms with Crippen molar-refractivity contribution in [3.05, 3.63) is 47.8 Å². The first-order valence-electron chi connectivity index (χ1n) is 13.0. The number of piperidine rings is 1. The number of carbonyl (C=O) groups excluding carboxylic acids is 1. The van der Waals surface area contributed by atoms with Gasteiger partial charge in [0.05, 0.1) is 28.7 Å². The van der Waals surface area contributed by atoms with E-state index in [1.54, 1.807) is 15.6 Å². The fraction of sp³-hybridized carbons (Fsp3) is 0.462. The van der Waals surface area contributed by atoms with Gasteiger partial charge in [-0.15, -0.1) is 0 Å². The lowest BCUT2D eigenvalue weighted by atomic mass is 9.81. The summed E-state index contributed by atoms with van der Waals surface area (Å²) in [5.74, 6) is -0.340. The Morgan fingerprint density at radius 2 is 1.84 bits per heavy atom. The molecule has 2 unspecified atom stereocenters. The lowest BCUT2D eigenvalue weighted by Crippen LogP contribution is -2.47. The minimum Gasteiger partial charge on any atom is -0.465 e. The highest BCUT2D eigenvalue weighted by molar-refractivity contribution is 7.89. The van der Waals surface area contributed by atoms with Gasteiger partial charge >= 0.3 is 6.09 Å². The maximum Gasteiger partial charge on any atom is 0.407 e. The van der Waals surface area contributed by atoms with Crippen LogP contribution in [-0.2, 0) is 10.0 Å². The zero-order valence-electron chi connectivity index (χ0n) is 21.1. The number of likely N-dealkylation sites (tertiary alicyclic amines) is 1. The van der Waals surface area contributed by atoms with Crippen molar-refractivity contribution in [3.8, 4) is 5.69 Å². The van der Waals surface area contributed by atoms with Crippen LogP contribution in [0.2, 0.25) is 0 Å². The number of hydrogen-bond acceptors (Lipinski definition) is 7. The van der Waals surface area contributed by atoms with Gasteiger partial charge in [-0.3, -0.25) is 4.79 Å². The lowest BCUT2D eigenvalue weighted by Gasteiger charge is -2.39. The van der Waals surface area contributed by atoms with Gasteiger partial charge in [-0.25, -0.2) is 27.6 Å². The van der Waals surface area contributed by atoms with E-state index in [0.717, 1.165) is 54.4 Å². The molecule has 4 heterocycles. The third kappa shape index (κ3) is 4.36. The van der Waals surface area contributed by atoms with E-state index >= 15 is 0 Å². The molecule has 1 aliphatic carbocycles. The van der Waals surface area contributed by atoms with Crippen LogP contribution in [-0.4, -0.2) is 77.1 Å². The number of rotatable bonds is 5. The van der Waals surface area contributed by atoms with E-state index in [2.05, 4.69) is 9.88 Å². The topological polar surface area (TPSA) is 138 Å². The van der Waals surface area contributed by atoms with Gasteiger partial charge in [0.1, 0.15) is 5.69 Å². The van der Waals surface area contributed by atoms with Gasteiger partial charge in [0.15, 0.2) is 5.65 Å². The Morgan fingerprint density at radius 1 is 1.08 bits per heavy atom. The second kappa shape index (κ2) is 9.26. The maximum absolute atomic E-state index is 13.0. The van der Waals surface area contributed by atoms with Crippen molar-refractivity contribution in [1.82, 2.24) is 24.4 Å². The Labute approximate surface area is 220 Å². The molecule has 0 spiro atoms. The first-order valence-corrected chi connectivity index (χ1v) is 14.8. The summed E-state index contributed by atoms with van der Waals surface area (Å²) < 4.78 is 27.5. The van der Waals surface area contributed by atoms with Crippen molar-refractivity contribution in [2.24, 2.45) is 5.92 Å². The molecule has 2 amide bonds. The molecule has 2 saturated heterocycles. The molecule has 2 atom stereocenters. The minimum atomic E-state index is -3.79. The largest absolute Gasteiger partial charge is 0.465 e. The molecule has 2 aromatic heterocycles. The second-order valence-electron chi connectivity index (χ2n) is 10.5. The summed E-state index contributed by atoms with van der Waals surface area (Å²) in [6.07, 6.45) is 4.68. The number of benzene rings is 1. The van der Waals surface area contributed by atoms with Crippen molar-refractivity contribution in [2.75, 3.05) is 30.8 Å². The Kier molecular flexibility index (Phi) is 6.01. The fourth-order valence-electron chi connectivity index (χ4n) is 6.07. The third-order valence-corrected chi connectivity index (χ3v) is 8.62. The Hall–Kier alpha value is -3.67. The van der Waals surface area contributed by atoms with E-state index in [1.807, 2.05) is 35.1 Å². The highest BCUT2D eigenvalue weighted by atomic mass is 32.2. The molecular formula is C26H30N6O5S. The number of hydrogen-bond donors (Lipinski definition) is 2. The van der Waals surface area contributed by atoms with Gasteiger partial charge < -0.3 is 14.9 Å². The molecule has 1 aromatic carbocycles. The van der Waals surface area contributed by atoms with Crippen LogP contribution in [0.1, 0.15) is 54.2 Å². The first-order chi connectivity index (χ1) is 18.2. The van der Waals surface area contributed by atoms with E-state index in [9.17, 15) is 23.1 Å².